The van der Waals surface area contributed by atoms with E-state index in [0.29, 0.717) is 32.4 Å². The molecule has 3 heterocycles. The maximum absolute atomic E-state index is 13.8. The summed E-state index contributed by atoms with van der Waals surface area (Å²) in [4.78, 5) is 37.9. The second kappa shape index (κ2) is 10.2. The molecule has 0 unspecified atom stereocenters. The molecule has 5 rings (SSSR count). The van der Waals surface area contributed by atoms with Gasteiger partial charge in [-0.2, -0.15) is 0 Å². The van der Waals surface area contributed by atoms with Gasteiger partial charge in [-0.15, -0.1) is 0 Å². The van der Waals surface area contributed by atoms with Crippen LogP contribution in [0.2, 0.25) is 0 Å². The van der Waals surface area contributed by atoms with Crippen LogP contribution in [0.4, 0.5) is 4.79 Å². The molecule has 3 amide bonds. The van der Waals surface area contributed by atoms with Crippen molar-refractivity contribution >= 4 is 23.0 Å². The Balaban J connectivity index is 1.32. The Hall–Kier alpha value is -3.39. The minimum Gasteiger partial charge on any atom is -0.497 e. The molecule has 196 valence electrons. The average molecular weight is 504 g/mol. The molecular weight excluding hydrogens is 466 g/mol. The van der Waals surface area contributed by atoms with Crippen molar-refractivity contribution in [2.75, 3.05) is 33.3 Å². The molecule has 0 aliphatic carbocycles. The number of aromatic nitrogens is 2. The van der Waals surface area contributed by atoms with E-state index in [0.717, 1.165) is 47.8 Å². The number of rotatable bonds is 8. The van der Waals surface area contributed by atoms with Gasteiger partial charge in [-0.05, 0) is 55.0 Å². The van der Waals surface area contributed by atoms with E-state index in [9.17, 15) is 9.59 Å². The van der Waals surface area contributed by atoms with Gasteiger partial charge in [0.25, 0.3) is 5.91 Å². The van der Waals surface area contributed by atoms with E-state index in [-0.39, 0.29) is 17.9 Å². The van der Waals surface area contributed by atoms with Gasteiger partial charge in [0, 0.05) is 33.2 Å². The molecule has 2 saturated heterocycles. The summed E-state index contributed by atoms with van der Waals surface area (Å²) in [5.74, 6) is 2.03. The zero-order valence-electron chi connectivity index (χ0n) is 22.3. The van der Waals surface area contributed by atoms with Crippen molar-refractivity contribution in [1.29, 1.82) is 0 Å². The predicted molar refractivity (Wildman–Crippen MR) is 143 cm³/mol. The molecule has 0 N–H and O–H groups in total. The lowest BCUT2D eigenvalue weighted by atomic mass is 9.85. The first-order chi connectivity index (χ1) is 17.8. The number of ether oxygens (including phenoxy) is 1. The number of carbonyl (C=O) groups is 2. The first kappa shape index (κ1) is 25.3. The van der Waals surface area contributed by atoms with Gasteiger partial charge in [0.1, 0.15) is 17.1 Å². The zero-order valence-corrected chi connectivity index (χ0v) is 22.3. The lowest BCUT2D eigenvalue weighted by Gasteiger charge is -2.42. The SMILES string of the molecule is COc1ccc(CCN2C(=O)N(CC(C)C)C(=O)C23CCN(Cc2nc4ccccc4n2C)CC3)cc1. The van der Waals surface area contributed by atoms with Crippen molar-refractivity contribution in [3.63, 3.8) is 0 Å². The zero-order chi connectivity index (χ0) is 26.2. The number of piperidine rings is 1. The molecule has 0 bridgehead atoms. The van der Waals surface area contributed by atoms with E-state index >= 15 is 0 Å². The topological polar surface area (TPSA) is 70.9 Å². The minimum absolute atomic E-state index is 0.0247. The molecule has 3 aromatic rings. The Morgan fingerprint density at radius 2 is 1.73 bits per heavy atom. The molecule has 2 aromatic carbocycles. The van der Waals surface area contributed by atoms with Gasteiger partial charge in [-0.25, -0.2) is 9.78 Å². The Labute approximate surface area is 218 Å². The van der Waals surface area contributed by atoms with Crippen molar-refractivity contribution in [2.24, 2.45) is 13.0 Å². The van der Waals surface area contributed by atoms with Crippen LogP contribution >= 0.6 is 0 Å². The number of para-hydroxylation sites is 2. The van der Waals surface area contributed by atoms with Crippen molar-refractivity contribution < 1.29 is 14.3 Å². The standard InChI is InChI=1S/C29H37N5O3/c1-21(2)19-33-27(35)29(34(28(33)36)16-13-22-9-11-23(37-4)12-10-22)14-17-32(18-15-29)20-26-30-24-7-5-6-8-25(24)31(26)3/h5-12,21H,13-20H2,1-4H3. The van der Waals surface area contributed by atoms with Crippen LogP contribution in [0.1, 0.15) is 38.1 Å². The number of benzene rings is 2. The van der Waals surface area contributed by atoms with E-state index in [2.05, 4.69) is 22.6 Å². The number of urea groups is 1. The van der Waals surface area contributed by atoms with Gasteiger partial charge in [0.15, 0.2) is 0 Å². The molecule has 37 heavy (non-hydrogen) atoms. The van der Waals surface area contributed by atoms with E-state index in [1.54, 1.807) is 7.11 Å². The number of imidazole rings is 1. The third kappa shape index (κ3) is 4.70. The summed E-state index contributed by atoms with van der Waals surface area (Å²) in [5, 5.41) is 0. The lowest BCUT2D eigenvalue weighted by molar-refractivity contribution is -0.136. The van der Waals surface area contributed by atoms with Crippen LogP contribution in [0.25, 0.3) is 11.0 Å². The Bertz CT molecular complexity index is 1270. The van der Waals surface area contributed by atoms with E-state index in [4.69, 9.17) is 9.72 Å². The number of aryl methyl sites for hydroxylation is 1. The maximum Gasteiger partial charge on any atom is 0.327 e. The van der Waals surface area contributed by atoms with Gasteiger partial charge < -0.3 is 14.2 Å². The van der Waals surface area contributed by atoms with Crippen LogP contribution in [0, 0.1) is 5.92 Å². The smallest absolute Gasteiger partial charge is 0.327 e. The monoisotopic (exact) mass is 503 g/mol. The average Bonchev–Trinajstić information content (AvgIpc) is 3.31. The second-order valence-corrected chi connectivity index (χ2v) is 10.7. The number of carbonyl (C=O) groups excluding carboxylic acids is 2. The second-order valence-electron chi connectivity index (χ2n) is 10.7. The highest BCUT2D eigenvalue weighted by Crippen LogP contribution is 2.38. The number of fused-ring (bicyclic) bond motifs is 1. The van der Waals surface area contributed by atoms with Crippen molar-refractivity contribution in [2.45, 2.75) is 45.2 Å². The molecule has 2 aliphatic rings. The van der Waals surface area contributed by atoms with Gasteiger partial charge >= 0.3 is 6.03 Å². The quantitative estimate of drug-likeness (QED) is 0.433. The Morgan fingerprint density at radius 1 is 1.03 bits per heavy atom. The fraction of sp³-hybridized carbons (Fsp3) is 0.483. The highest BCUT2D eigenvalue weighted by Gasteiger charge is 2.57. The summed E-state index contributed by atoms with van der Waals surface area (Å²) >= 11 is 0. The number of imide groups is 1. The fourth-order valence-corrected chi connectivity index (χ4v) is 5.75. The summed E-state index contributed by atoms with van der Waals surface area (Å²) in [6, 6.07) is 16.0. The van der Waals surface area contributed by atoms with Crippen LogP contribution in [-0.4, -0.2) is 75.0 Å². The summed E-state index contributed by atoms with van der Waals surface area (Å²) in [6.07, 6.45) is 1.97. The highest BCUT2D eigenvalue weighted by molar-refractivity contribution is 6.07. The van der Waals surface area contributed by atoms with Crippen LogP contribution in [0.5, 0.6) is 5.75 Å². The molecule has 0 atom stereocenters. The predicted octanol–water partition coefficient (Wildman–Crippen LogP) is 4.08. The molecule has 1 aromatic heterocycles. The third-order valence-corrected chi connectivity index (χ3v) is 7.88. The maximum atomic E-state index is 13.8. The molecule has 2 fully saturated rings. The Morgan fingerprint density at radius 3 is 2.38 bits per heavy atom. The van der Waals surface area contributed by atoms with E-state index < -0.39 is 5.54 Å². The molecular formula is C29H37N5O3. The summed E-state index contributed by atoms with van der Waals surface area (Å²) in [7, 11) is 3.71. The van der Waals surface area contributed by atoms with Gasteiger partial charge in [-0.3, -0.25) is 14.6 Å². The molecule has 1 spiro atoms. The molecule has 2 aliphatic heterocycles. The molecule has 8 nitrogen and oxygen atoms in total. The van der Waals surface area contributed by atoms with Gasteiger partial charge in [0.05, 0.1) is 24.7 Å². The largest absolute Gasteiger partial charge is 0.497 e. The lowest BCUT2D eigenvalue weighted by Crippen LogP contribution is -2.56. The number of hydrogen-bond donors (Lipinski definition) is 0. The summed E-state index contributed by atoms with van der Waals surface area (Å²) in [5.41, 5.74) is 2.48. The summed E-state index contributed by atoms with van der Waals surface area (Å²) in [6.45, 7) is 7.30. The third-order valence-electron chi connectivity index (χ3n) is 7.88. The summed E-state index contributed by atoms with van der Waals surface area (Å²) < 4.78 is 7.42. The number of amides is 3. The minimum atomic E-state index is -0.763. The fourth-order valence-electron chi connectivity index (χ4n) is 5.75. The van der Waals surface area contributed by atoms with Gasteiger partial charge in [-0.1, -0.05) is 38.1 Å². The molecule has 8 heteroatoms. The van der Waals surface area contributed by atoms with Crippen molar-refractivity contribution in [3.8, 4) is 5.75 Å². The van der Waals surface area contributed by atoms with Crippen LogP contribution in [0.15, 0.2) is 48.5 Å². The Kier molecular flexibility index (Phi) is 6.94. The highest BCUT2D eigenvalue weighted by atomic mass is 16.5. The van der Waals surface area contributed by atoms with Crippen LogP contribution in [-0.2, 0) is 24.8 Å². The van der Waals surface area contributed by atoms with E-state index in [1.807, 2.05) is 61.2 Å². The van der Waals surface area contributed by atoms with Gasteiger partial charge in [0.2, 0.25) is 0 Å². The van der Waals surface area contributed by atoms with Crippen LogP contribution in [0.3, 0.4) is 0 Å². The number of nitrogens with zero attached hydrogens (tertiary/aromatic N) is 5. The number of methoxy groups -OCH3 is 1. The van der Waals surface area contributed by atoms with Crippen molar-refractivity contribution in [3.05, 3.63) is 59.9 Å². The van der Waals surface area contributed by atoms with E-state index in [1.165, 1.54) is 4.90 Å². The molecule has 0 radical (unpaired) electrons. The molecule has 0 saturated carbocycles. The number of likely N-dealkylation sites (tertiary alicyclic amines) is 1. The first-order valence-corrected chi connectivity index (χ1v) is 13.2. The van der Waals surface area contributed by atoms with Crippen molar-refractivity contribution in [1.82, 2.24) is 24.3 Å². The van der Waals surface area contributed by atoms with Crippen LogP contribution < -0.4 is 4.74 Å². The normalized spacial score (nSPS) is 18.1. The number of hydrogen-bond acceptors (Lipinski definition) is 5. The first-order valence-electron chi connectivity index (χ1n) is 13.2.